The van der Waals surface area contributed by atoms with Crippen LogP contribution in [0.5, 0.6) is 0 Å². The minimum absolute atomic E-state index is 0.498. The summed E-state index contributed by atoms with van der Waals surface area (Å²) in [6, 6.07) is 7.83. The molecule has 0 bridgehead atoms. The maximum absolute atomic E-state index is 10.00. The predicted molar refractivity (Wildman–Crippen MR) is 86.3 cm³/mol. The van der Waals surface area contributed by atoms with Gasteiger partial charge in [0.15, 0.2) is 0 Å². The fraction of sp³-hybridized carbons (Fsp3) is 0.611. The third kappa shape index (κ3) is 3.98. The van der Waals surface area contributed by atoms with Crippen molar-refractivity contribution in [2.45, 2.75) is 52.1 Å². The number of nitriles is 1. The molecule has 1 unspecified atom stereocenters. The van der Waals surface area contributed by atoms with Crippen LogP contribution in [0.4, 0.5) is 5.69 Å². The largest absolute Gasteiger partial charge is 0.389 e. The predicted octanol–water partition coefficient (Wildman–Crippen LogP) is 4.02. The van der Waals surface area contributed by atoms with E-state index in [-0.39, 0.29) is 0 Å². The number of hydrogen-bond donors (Lipinski definition) is 1. The van der Waals surface area contributed by atoms with E-state index in [1.807, 2.05) is 12.1 Å². The molecule has 1 N–H and O–H groups in total. The van der Waals surface area contributed by atoms with Crippen molar-refractivity contribution in [2.75, 3.05) is 18.0 Å². The van der Waals surface area contributed by atoms with E-state index in [9.17, 15) is 5.11 Å². The molecule has 114 valence electrons. The zero-order chi connectivity index (χ0) is 15.2. The molecule has 2 rings (SSSR count). The van der Waals surface area contributed by atoms with Crippen LogP contribution in [-0.4, -0.2) is 18.2 Å². The van der Waals surface area contributed by atoms with Gasteiger partial charge in [0.25, 0.3) is 0 Å². The molecule has 1 aliphatic rings. The Labute approximate surface area is 128 Å². The van der Waals surface area contributed by atoms with Gasteiger partial charge in [-0.25, -0.2) is 0 Å². The molecule has 3 heteroatoms. The molecule has 1 aliphatic heterocycles. The van der Waals surface area contributed by atoms with E-state index in [4.69, 9.17) is 5.26 Å². The molecule has 0 spiro atoms. The second kappa shape index (κ2) is 7.47. The van der Waals surface area contributed by atoms with Gasteiger partial charge in [0, 0.05) is 24.3 Å². The average Bonchev–Trinajstić information content (AvgIpc) is 2.72. The highest BCUT2D eigenvalue weighted by Crippen LogP contribution is 2.31. The van der Waals surface area contributed by atoms with E-state index in [2.05, 4.69) is 17.9 Å². The number of aliphatic hydroxyl groups excluding tert-OH is 1. The first-order valence-corrected chi connectivity index (χ1v) is 8.12. The smallest absolute Gasteiger partial charge is 0.0992 e. The van der Waals surface area contributed by atoms with E-state index in [1.54, 1.807) is 13.0 Å². The minimum Gasteiger partial charge on any atom is -0.389 e. The lowest BCUT2D eigenvalue weighted by Gasteiger charge is -2.27. The average molecular weight is 286 g/mol. The SMILES string of the molecule is CCCC1CCCN(c2cc(C#N)ccc2[C@H](C)O)CC1. The van der Waals surface area contributed by atoms with Crippen molar-refractivity contribution in [3.05, 3.63) is 29.3 Å². The normalized spacial score (nSPS) is 20.7. The Morgan fingerprint density at radius 3 is 2.86 bits per heavy atom. The molecule has 3 nitrogen and oxygen atoms in total. The fourth-order valence-corrected chi connectivity index (χ4v) is 3.34. The highest BCUT2D eigenvalue weighted by atomic mass is 16.3. The number of rotatable bonds is 4. The van der Waals surface area contributed by atoms with Gasteiger partial charge < -0.3 is 10.0 Å². The zero-order valence-electron chi connectivity index (χ0n) is 13.2. The van der Waals surface area contributed by atoms with Crippen LogP contribution in [0.1, 0.15) is 63.2 Å². The summed E-state index contributed by atoms with van der Waals surface area (Å²) >= 11 is 0. The molecule has 2 atom stereocenters. The first-order valence-electron chi connectivity index (χ1n) is 8.12. The Morgan fingerprint density at radius 1 is 1.38 bits per heavy atom. The number of hydrogen-bond acceptors (Lipinski definition) is 3. The van der Waals surface area contributed by atoms with Gasteiger partial charge in [0.1, 0.15) is 0 Å². The first-order chi connectivity index (χ1) is 10.2. The van der Waals surface area contributed by atoms with E-state index in [0.29, 0.717) is 5.56 Å². The summed E-state index contributed by atoms with van der Waals surface area (Å²) in [5.74, 6) is 0.828. The molecule has 0 aromatic heterocycles. The van der Waals surface area contributed by atoms with Crippen LogP contribution in [0, 0.1) is 17.2 Å². The Balaban J connectivity index is 2.22. The van der Waals surface area contributed by atoms with E-state index in [1.165, 1.54) is 32.1 Å². The van der Waals surface area contributed by atoms with Crippen molar-refractivity contribution in [3.63, 3.8) is 0 Å². The molecule has 1 aromatic carbocycles. The van der Waals surface area contributed by atoms with Gasteiger partial charge in [-0.2, -0.15) is 5.26 Å². The van der Waals surface area contributed by atoms with Crippen molar-refractivity contribution in [2.24, 2.45) is 5.92 Å². The first kappa shape index (κ1) is 15.9. The Morgan fingerprint density at radius 2 is 2.19 bits per heavy atom. The zero-order valence-corrected chi connectivity index (χ0v) is 13.2. The molecule has 1 saturated heterocycles. The third-order valence-electron chi connectivity index (χ3n) is 4.49. The number of aliphatic hydroxyl groups is 1. The van der Waals surface area contributed by atoms with Gasteiger partial charge in [-0.15, -0.1) is 0 Å². The highest BCUT2D eigenvalue weighted by molar-refractivity contribution is 5.58. The van der Waals surface area contributed by atoms with Crippen LogP contribution < -0.4 is 4.90 Å². The van der Waals surface area contributed by atoms with Crippen LogP contribution in [0.3, 0.4) is 0 Å². The van der Waals surface area contributed by atoms with Crippen LogP contribution in [0.2, 0.25) is 0 Å². The summed E-state index contributed by atoms with van der Waals surface area (Å²) in [6.45, 7) is 6.10. The van der Waals surface area contributed by atoms with Gasteiger partial charge in [0.05, 0.1) is 17.7 Å². The topological polar surface area (TPSA) is 47.3 Å². The van der Waals surface area contributed by atoms with Crippen LogP contribution in [0.15, 0.2) is 18.2 Å². The van der Waals surface area contributed by atoms with Gasteiger partial charge in [-0.05, 0) is 44.2 Å². The van der Waals surface area contributed by atoms with Gasteiger partial charge in [-0.3, -0.25) is 0 Å². The quantitative estimate of drug-likeness (QED) is 0.909. The summed E-state index contributed by atoms with van der Waals surface area (Å²) in [7, 11) is 0. The van der Waals surface area contributed by atoms with Crippen LogP contribution in [0.25, 0.3) is 0 Å². The molecule has 0 amide bonds. The second-order valence-electron chi connectivity index (χ2n) is 6.13. The summed E-state index contributed by atoms with van der Waals surface area (Å²) in [6.07, 6.45) is 5.78. The van der Waals surface area contributed by atoms with E-state index < -0.39 is 6.10 Å². The number of nitrogens with zero attached hydrogens (tertiary/aromatic N) is 2. The molecule has 0 radical (unpaired) electrons. The molecule has 1 heterocycles. The lowest BCUT2D eigenvalue weighted by molar-refractivity contribution is 0.199. The van der Waals surface area contributed by atoms with Gasteiger partial charge in [0.2, 0.25) is 0 Å². The molecular formula is C18H26N2O. The lowest BCUT2D eigenvalue weighted by Crippen LogP contribution is -2.26. The second-order valence-corrected chi connectivity index (χ2v) is 6.13. The summed E-state index contributed by atoms with van der Waals surface area (Å²) in [5, 5.41) is 19.1. The minimum atomic E-state index is -0.498. The van der Waals surface area contributed by atoms with E-state index >= 15 is 0 Å². The lowest BCUT2D eigenvalue weighted by atomic mass is 9.96. The fourth-order valence-electron chi connectivity index (χ4n) is 3.34. The van der Waals surface area contributed by atoms with Crippen LogP contribution in [-0.2, 0) is 0 Å². The Kier molecular flexibility index (Phi) is 5.64. The molecule has 1 aromatic rings. The van der Waals surface area contributed by atoms with Gasteiger partial charge >= 0.3 is 0 Å². The summed E-state index contributed by atoms with van der Waals surface area (Å²) in [4.78, 5) is 2.36. The summed E-state index contributed by atoms with van der Waals surface area (Å²) in [5.41, 5.74) is 2.65. The van der Waals surface area contributed by atoms with Crippen molar-refractivity contribution >= 4 is 5.69 Å². The maximum atomic E-state index is 10.00. The van der Waals surface area contributed by atoms with Crippen molar-refractivity contribution < 1.29 is 5.11 Å². The van der Waals surface area contributed by atoms with Crippen LogP contribution >= 0.6 is 0 Å². The summed E-state index contributed by atoms with van der Waals surface area (Å²) < 4.78 is 0. The Hall–Kier alpha value is -1.53. The molecule has 1 fully saturated rings. The number of anilines is 1. The Bertz CT molecular complexity index is 504. The monoisotopic (exact) mass is 286 g/mol. The maximum Gasteiger partial charge on any atom is 0.0992 e. The van der Waals surface area contributed by atoms with Crippen molar-refractivity contribution in [1.29, 1.82) is 5.26 Å². The highest BCUT2D eigenvalue weighted by Gasteiger charge is 2.20. The van der Waals surface area contributed by atoms with Crippen molar-refractivity contribution in [3.8, 4) is 6.07 Å². The van der Waals surface area contributed by atoms with Crippen molar-refractivity contribution in [1.82, 2.24) is 0 Å². The molecule has 0 aliphatic carbocycles. The standard InChI is InChI=1S/C18H26N2O/c1-3-5-15-6-4-10-20(11-9-15)18-12-16(13-19)7-8-17(18)14(2)21/h7-8,12,14-15,21H,3-6,9-11H2,1-2H3/t14-,15?/m0/s1. The van der Waals surface area contributed by atoms with E-state index in [0.717, 1.165) is 30.3 Å². The molecular weight excluding hydrogens is 260 g/mol. The molecule has 21 heavy (non-hydrogen) atoms. The third-order valence-corrected chi connectivity index (χ3v) is 4.49. The number of benzene rings is 1. The van der Waals surface area contributed by atoms with Gasteiger partial charge in [-0.1, -0.05) is 25.8 Å². The molecule has 0 saturated carbocycles.